The van der Waals surface area contributed by atoms with Gasteiger partial charge in [0, 0.05) is 19.2 Å². The van der Waals surface area contributed by atoms with Crippen molar-refractivity contribution in [3.63, 3.8) is 0 Å². The number of nitrogens with two attached hydrogens (primary N) is 1. The first-order chi connectivity index (χ1) is 11.5. The molecular weight excluding hydrogens is 312 g/mol. The van der Waals surface area contributed by atoms with Crippen molar-refractivity contribution >= 4 is 5.91 Å². The largest absolute Gasteiger partial charge is 0.508 e. The second kappa shape index (κ2) is 8.19. The molecule has 2 rings (SSSR count). The van der Waals surface area contributed by atoms with E-state index in [-0.39, 0.29) is 17.1 Å². The van der Waals surface area contributed by atoms with Gasteiger partial charge in [0.2, 0.25) is 0 Å². The number of phenolic OH excluding ortho intramolecular Hbond substituents is 1. The van der Waals surface area contributed by atoms with E-state index < -0.39 is 12.0 Å². The Morgan fingerprint density at radius 1 is 1.17 bits per heavy atom. The van der Waals surface area contributed by atoms with E-state index in [9.17, 15) is 20.1 Å². The number of nitrogens with one attached hydrogen (secondary N) is 1. The second-order valence-electron chi connectivity index (χ2n) is 5.20. The monoisotopic (exact) mass is 332 g/mol. The van der Waals surface area contributed by atoms with Crippen LogP contribution in [0, 0.1) is 0 Å². The van der Waals surface area contributed by atoms with Crippen LogP contribution in [-0.2, 0) is 0 Å². The van der Waals surface area contributed by atoms with Crippen LogP contribution in [0.15, 0.2) is 42.5 Å². The molecule has 0 radical (unpaired) electrons. The van der Waals surface area contributed by atoms with E-state index in [1.807, 2.05) is 0 Å². The molecule has 1 atom stereocenters. The molecule has 6 N–H and O–H groups in total. The van der Waals surface area contributed by atoms with Gasteiger partial charge < -0.3 is 31.1 Å². The number of benzene rings is 2. The van der Waals surface area contributed by atoms with Gasteiger partial charge in [-0.2, -0.15) is 0 Å². The van der Waals surface area contributed by atoms with Gasteiger partial charge in [-0.3, -0.25) is 4.79 Å². The number of aromatic hydroxyl groups is 2. The Morgan fingerprint density at radius 2 is 1.88 bits per heavy atom. The number of hydrogen-bond acceptors (Lipinski definition) is 6. The average molecular weight is 332 g/mol. The van der Waals surface area contributed by atoms with E-state index in [0.29, 0.717) is 31.0 Å². The maximum absolute atomic E-state index is 11.0. The molecule has 0 saturated heterocycles. The highest BCUT2D eigenvalue weighted by molar-refractivity contribution is 5.95. The Morgan fingerprint density at radius 3 is 2.50 bits per heavy atom. The van der Waals surface area contributed by atoms with Crippen molar-refractivity contribution in [2.45, 2.75) is 6.10 Å². The summed E-state index contributed by atoms with van der Waals surface area (Å²) in [5.74, 6) is -0.365. The molecule has 0 heterocycles. The quantitative estimate of drug-likeness (QED) is 0.457. The molecule has 7 nitrogen and oxygen atoms in total. The molecule has 0 spiro atoms. The fourth-order valence-corrected chi connectivity index (χ4v) is 2.10. The van der Waals surface area contributed by atoms with Crippen LogP contribution in [0.3, 0.4) is 0 Å². The Bertz CT molecular complexity index is 688. The zero-order valence-electron chi connectivity index (χ0n) is 13.0. The van der Waals surface area contributed by atoms with Gasteiger partial charge in [-0.25, -0.2) is 0 Å². The summed E-state index contributed by atoms with van der Waals surface area (Å²) in [4.78, 5) is 11.0. The van der Waals surface area contributed by atoms with Crippen LogP contribution in [0.5, 0.6) is 17.2 Å². The average Bonchev–Trinajstić information content (AvgIpc) is 2.54. The third-order valence-electron chi connectivity index (χ3n) is 3.40. The van der Waals surface area contributed by atoms with Crippen LogP contribution in [0.1, 0.15) is 22.0 Å². The van der Waals surface area contributed by atoms with E-state index in [4.69, 9.17) is 10.5 Å². The van der Waals surface area contributed by atoms with Crippen molar-refractivity contribution in [1.82, 2.24) is 5.32 Å². The summed E-state index contributed by atoms with van der Waals surface area (Å²) in [6, 6.07) is 10.6. The number of hydrogen-bond donors (Lipinski definition) is 5. The first kappa shape index (κ1) is 17.6. The predicted octanol–water partition coefficient (Wildman–Crippen LogP) is 0.899. The Kier molecular flexibility index (Phi) is 6.00. The number of amides is 1. The summed E-state index contributed by atoms with van der Waals surface area (Å²) in [6.07, 6.45) is -0.690. The Balaban J connectivity index is 1.72. The lowest BCUT2D eigenvalue weighted by atomic mass is 10.1. The maximum atomic E-state index is 11.0. The van der Waals surface area contributed by atoms with E-state index >= 15 is 0 Å². The highest BCUT2D eigenvalue weighted by atomic mass is 16.5. The molecule has 0 aliphatic rings. The van der Waals surface area contributed by atoms with Gasteiger partial charge in [0.15, 0.2) is 0 Å². The first-order valence-electron chi connectivity index (χ1n) is 7.40. The molecule has 0 fully saturated rings. The van der Waals surface area contributed by atoms with Crippen LogP contribution in [0.2, 0.25) is 0 Å². The van der Waals surface area contributed by atoms with Crippen LogP contribution < -0.4 is 15.8 Å². The Hall–Kier alpha value is -2.77. The summed E-state index contributed by atoms with van der Waals surface area (Å²) in [7, 11) is 0. The highest BCUT2D eigenvalue weighted by Gasteiger charge is 2.09. The smallest absolute Gasteiger partial charge is 0.252 e. The van der Waals surface area contributed by atoms with Gasteiger partial charge in [0.05, 0.1) is 11.7 Å². The molecule has 24 heavy (non-hydrogen) atoms. The molecule has 2 aromatic carbocycles. The third-order valence-corrected chi connectivity index (χ3v) is 3.40. The van der Waals surface area contributed by atoms with E-state index in [0.717, 1.165) is 0 Å². The number of aliphatic hydroxyl groups is 1. The van der Waals surface area contributed by atoms with Gasteiger partial charge in [-0.05, 0) is 29.8 Å². The standard InChI is InChI=1S/C17H20N2O5/c18-17(23)14-6-5-13(9-15(14)21)24-8-7-19-10-16(22)11-1-3-12(20)4-2-11/h1-6,9,16,19-22H,7-8,10H2,(H2,18,23). The normalized spacial score (nSPS) is 11.9. The van der Waals surface area contributed by atoms with Crippen molar-refractivity contribution in [2.24, 2.45) is 5.73 Å². The fourth-order valence-electron chi connectivity index (χ4n) is 2.10. The minimum absolute atomic E-state index is 0.0393. The number of aliphatic hydroxyl groups excluding tert-OH is 1. The molecule has 7 heteroatoms. The summed E-state index contributed by atoms with van der Waals surface area (Å²) in [6.45, 7) is 1.13. The predicted molar refractivity (Wildman–Crippen MR) is 88.1 cm³/mol. The molecule has 2 aromatic rings. The summed E-state index contributed by atoms with van der Waals surface area (Å²) in [5, 5.41) is 31.9. The van der Waals surface area contributed by atoms with Crippen molar-refractivity contribution < 1.29 is 24.9 Å². The number of ether oxygens (including phenoxy) is 1. The molecular formula is C17H20N2O5. The van der Waals surface area contributed by atoms with Gasteiger partial charge in [0.1, 0.15) is 23.9 Å². The number of phenols is 2. The maximum Gasteiger partial charge on any atom is 0.252 e. The minimum Gasteiger partial charge on any atom is -0.508 e. The number of carbonyl (C=O) groups excluding carboxylic acids is 1. The van der Waals surface area contributed by atoms with Crippen LogP contribution in [0.25, 0.3) is 0 Å². The number of rotatable bonds is 8. The lowest BCUT2D eigenvalue weighted by Crippen LogP contribution is -2.26. The highest BCUT2D eigenvalue weighted by Crippen LogP contribution is 2.23. The minimum atomic E-state index is -0.705. The lowest BCUT2D eigenvalue weighted by molar-refractivity contribution is 0.0997. The summed E-state index contributed by atoms with van der Waals surface area (Å²) >= 11 is 0. The molecule has 1 amide bonds. The van der Waals surface area contributed by atoms with Crippen molar-refractivity contribution in [3.8, 4) is 17.2 Å². The third kappa shape index (κ3) is 4.87. The zero-order valence-corrected chi connectivity index (χ0v) is 13.0. The molecule has 1 unspecified atom stereocenters. The fraction of sp³-hybridized carbons (Fsp3) is 0.235. The van der Waals surface area contributed by atoms with Gasteiger partial charge in [0.25, 0.3) is 5.91 Å². The molecule has 0 aliphatic carbocycles. The summed E-state index contributed by atoms with van der Waals surface area (Å²) < 4.78 is 5.44. The topological polar surface area (TPSA) is 125 Å². The van der Waals surface area contributed by atoms with Crippen molar-refractivity contribution in [1.29, 1.82) is 0 Å². The molecule has 128 valence electrons. The van der Waals surface area contributed by atoms with E-state index in [1.54, 1.807) is 18.2 Å². The van der Waals surface area contributed by atoms with Crippen LogP contribution in [0.4, 0.5) is 0 Å². The first-order valence-corrected chi connectivity index (χ1v) is 7.40. The van der Waals surface area contributed by atoms with Gasteiger partial charge >= 0.3 is 0 Å². The van der Waals surface area contributed by atoms with E-state index in [2.05, 4.69) is 5.32 Å². The van der Waals surface area contributed by atoms with Crippen molar-refractivity contribution in [2.75, 3.05) is 19.7 Å². The SMILES string of the molecule is NC(=O)c1ccc(OCCNCC(O)c2ccc(O)cc2)cc1O. The number of carbonyl (C=O) groups is 1. The molecule has 0 bridgehead atoms. The van der Waals surface area contributed by atoms with Gasteiger partial charge in [-0.15, -0.1) is 0 Å². The molecule has 0 aromatic heterocycles. The van der Waals surface area contributed by atoms with Crippen molar-refractivity contribution in [3.05, 3.63) is 53.6 Å². The van der Waals surface area contributed by atoms with E-state index in [1.165, 1.54) is 24.3 Å². The zero-order chi connectivity index (χ0) is 17.5. The Labute approximate surface area is 139 Å². The summed E-state index contributed by atoms with van der Waals surface area (Å²) in [5.41, 5.74) is 5.84. The molecule has 0 saturated carbocycles. The van der Waals surface area contributed by atoms with Crippen LogP contribution in [-0.4, -0.2) is 40.9 Å². The van der Waals surface area contributed by atoms with Crippen LogP contribution >= 0.6 is 0 Å². The second-order valence-corrected chi connectivity index (χ2v) is 5.20. The number of primary amides is 1. The lowest BCUT2D eigenvalue weighted by Gasteiger charge is -2.13. The molecule has 0 aliphatic heterocycles. The van der Waals surface area contributed by atoms with Gasteiger partial charge in [-0.1, -0.05) is 12.1 Å².